The zero-order chi connectivity index (χ0) is 27.1. The van der Waals surface area contributed by atoms with Crippen LogP contribution in [0.15, 0.2) is 74.9 Å². The van der Waals surface area contributed by atoms with Crippen molar-refractivity contribution in [2.24, 2.45) is 10.9 Å². The van der Waals surface area contributed by atoms with Crippen molar-refractivity contribution in [1.82, 2.24) is 4.90 Å². The number of aliphatic imine (C=N–C) groups is 1. The van der Waals surface area contributed by atoms with Crippen molar-refractivity contribution in [3.8, 4) is 17.6 Å². The second-order valence-corrected chi connectivity index (χ2v) is 10.1. The van der Waals surface area contributed by atoms with E-state index in [0.717, 1.165) is 17.0 Å². The molecule has 2 aliphatic rings. The molecule has 0 saturated carbocycles. The first-order valence-electron chi connectivity index (χ1n) is 12.9. The molecule has 4 aromatic rings. The molecule has 3 heterocycles. The molecule has 196 valence electrons. The molecule has 3 aromatic carbocycles. The van der Waals surface area contributed by atoms with Crippen LogP contribution in [0.5, 0.6) is 11.5 Å². The highest BCUT2D eigenvalue weighted by atomic mass is 19.1. The molecular formula is C31H26FN3O4. The summed E-state index contributed by atoms with van der Waals surface area (Å²) < 4.78 is 31.7. The van der Waals surface area contributed by atoms with Gasteiger partial charge in [-0.25, -0.2) is 4.39 Å². The van der Waals surface area contributed by atoms with Crippen LogP contribution in [0.3, 0.4) is 0 Å². The van der Waals surface area contributed by atoms with Crippen LogP contribution in [-0.4, -0.2) is 30.6 Å². The van der Waals surface area contributed by atoms with Crippen molar-refractivity contribution in [3.63, 3.8) is 0 Å². The second kappa shape index (κ2) is 9.91. The summed E-state index contributed by atoms with van der Waals surface area (Å²) in [7, 11) is 0. The average Bonchev–Trinajstić information content (AvgIpc) is 3.60. The molecule has 39 heavy (non-hydrogen) atoms. The van der Waals surface area contributed by atoms with Crippen molar-refractivity contribution in [2.45, 2.75) is 26.3 Å². The van der Waals surface area contributed by atoms with E-state index in [1.807, 2.05) is 24.3 Å². The first-order valence-corrected chi connectivity index (χ1v) is 12.9. The Kier molecular flexibility index (Phi) is 6.27. The van der Waals surface area contributed by atoms with Crippen LogP contribution in [0.1, 0.15) is 47.9 Å². The van der Waals surface area contributed by atoms with Crippen LogP contribution in [0.25, 0.3) is 11.0 Å². The van der Waals surface area contributed by atoms with E-state index in [4.69, 9.17) is 18.9 Å². The summed E-state index contributed by atoms with van der Waals surface area (Å²) in [6, 6.07) is 18.7. The van der Waals surface area contributed by atoms with Crippen molar-refractivity contribution in [2.75, 3.05) is 19.9 Å². The van der Waals surface area contributed by atoms with Crippen molar-refractivity contribution >= 4 is 16.8 Å². The van der Waals surface area contributed by atoms with Gasteiger partial charge in [0.25, 0.3) is 0 Å². The highest BCUT2D eigenvalue weighted by Crippen LogP contribution is 2.38. The van der Waals surface area contributed by atoms with Gasteiger partial charge in [-0.15, -0.1) is 0 Å². The number of fused-ring (bicyclic) bond motifs is 2. The Bertz CT molecular complexity index is 1720. The van der Waals surface area contributed by atoms with Crippen LogP contribution in [0, 0.1) is 23.1 Å². The van der Waals surface area contributed by atoms with Gasteiger partial charge in [0, 0.05) is 30.2 Å². The zero-order valence-corrected chi connectivity index (χ0v) is 21.6. The predicted molar refractivity (Wildman–Crippen MR) is 145 cm³/mol. The molecule has 0 radical (unpaired) electrons. The predicted octanol–water partition coefficient (Wildman–Crippen LogP) is 5.58. The third-order valence-electron chi connectivity index (χ3n) is 7.16. The Hall–Kier alpha value is -4.64. The number of benzene rings is 3. The second-order valence-electron chi connectivity index (χ2n) is 10.1. The van der Waals surface area contributed by atoms with Gasteiger partial charge in [-0.3, -0.25) is 9.79 Å². The lowest BCUT2D eigenvalue weighted by Crippen LogP contribution is -2.37. The number of hydrogen-bond donors (Lipinski definition) is 0. The van der Waals surface area contributed by atoms with Gasteiger partial charge in [0.2, 0.25) is 6.79 Å². The Labute approximate surface area is 224 Å². The van der Waals surface area contributed by atoms with Gasteiger partial charge in [0.15, 0.2) is 16.9 Å². The van der Waals surface area contributed by atoms with E-state index >= 15 is 0 Å². The smallest absolute Gasteiger partial charge is 0.231 e. The average molecular weight is 524 g/mol. The van der Waals surface area contributed by atoms with Gasteiger partial charge in [0.1, 0.15) is 23.0 Å². The molecule has 0 saturated heterocycles. The highest BCUT2D eigenvalue weighted by Gasteiger charge is 2.35. The normalized spacial score (nSPS) is 15.1. The fourth-order valence-electron chi connectivity index (χ4n) is 5.41. The van der Waals surface area contributed by atoms with Gasteiger partial charge in [-0.2, -0.15) is 5.26 Å². The van der Waals surface area contributed by atoms with Gasteiger partial charge in [0.05, 0.1) is 29.6 Å². The number of amidine groups is 1. The molecule has 8 heteroatoms. The van der Waals surface area contributed by atoms with E-state index in [9.17, 15) is 14.4 Å². The fourth-order valence-corrected chi connectivity index (χ4v) is 5.41. The maximum atomic E-state index is 14.2. The quantitative estimate of drug-likeness (QED) is 0.328. The Balaban J connectivity index is 1.50. The first kappa shape index (κ1) is 24.7. The molecule has 1 unspecified atom stereocenters. The maximum absolute atomic E-state index is 14.2. The third kappa shape index (κ3) is 4.50. The maximum Gasteiger partial charge on any atom is 0.231 e. The van der Waals surface area contributed by atoms with Crippen molar-refractivity contribution < 1.29 is 18.3 Å². The number of nitrogens with zero attached hydrogens (tertiary/aromatic N) is 3. The molecule has 2 aliphatic heterocycles. The lowest BCUT2D eigenvalue weighted by atomic mass is 9.91. The monoisotopic (exact) mass is 523 g/mol. The standard InChI is InChI=1S/C31H26FN3O4/c1-18(2)28(35-11-10-34-31(35)21-6-9-25-27(14-21)38-17-37-25)30-24(13-19-4-3-5-20(12-19)16-33)29(36)23-8-7-22(32)15-26(23)39-30/h3-9,12,14-15,18,28H,10-11,13,17H2,1-2H3. The molecule has 0 spiro atoms. The minimum Gasteiger partial charge on any atom is -0.458 e. The fraction of sp³-hybridized carbons (Fsp3) is 0.258. The molecule has 1 aromatic heterocycles. The number of ether oxygens (including phenoxy) is 2. The summed E-state index contributed by atoms with van der Waals surface area (Å²) in [6.45, 7) is 5.52. The number of nitriles is 1. The Morgan fingerprint density at radius 2 is 1.92 bits per heavy atom. The minimum absolute atomic E-state index is 0.0145. The van der Waals surface area contributed by atoms with Crippen molar-refractivity contribution in [1.29, 1.82) is 5.26 Å². The molecule has 0 bridgehead atoms. The summed E-state index contributed by atoms with van der Waals surface area (Å²) in [5.74, 6) is 2.14. The van der Waals surface area contributed by atoms with E-state index in [1.165, 1.54) is 18.2 Å². The van der Waals surface area contributed by atoms with Gasteiger partial charge in [-0.1, -0.05) is 26.0 Å². The summed E-state index contributed by atoms with van der Waals surface area (Å²) in [4.78, 5) is 20.9. The van der Waals surface area contributed by atoms with E-state index in [2.05, 4.69) is 24.8 Å². The van der Waals surface area contributed by atoms with Crippen LogP contribution >= 0.6 is 0 Å². The molecule has 6 rings (SSSR count). The van der Waals surface area contributed by atoms with E-state index in [1.54, 1.807) is 18.2 Å². The lowest BCUT2D eigenvalue weighted by molar-refractivity contribution is 0.174. The number of rotatable bonds is 6. The highest BCUT2D eigenvalue weighted by molar-refractivity contribution is 6.00. The number of hydrogen-bond acceptors (Lipinski definition) is 7. The third-order valence-corrected chi connectivity index (χ3v) is 7.16. The summed E-state index contributed by atoms with van der Waals surface area (Å²) >= 11 is 0. The summed E-state index contributed by atoms with van der Waals surface area (Å²) in [6.07, 6.45) is 0.272. The van der Waals surface area contributed by atoms with Crippen LogP contribution in [-0.2, 0) is 6.42 Å². The van der Waals surface area contributed by atoms with Crippen LogP contribution in [0.4, 0.5) is 4.39 Å². The molecule has 0 N–H and O–H groups in total. The molecule has 0 fully saturated rings. The van der Waals surface area contributed by atoms with Crippen molar-refractivity contribution in [3.05, 3.63) is 105 Å². The first-order chi connectivity index (χ1) is 18.9. The van der Waals surface area contributed by atoms with Gasteiger partial charge < -0.3 is 18.8 Å². The van der Waals surface area contributed by atoms with E-state index in [-0.39, 0.29) is 36.2 Å². The zero-order valence-electron chi connectivity index (χ0n) is 21.6. The van der Waals surface area contributed by atoms with Crippen LogP contribution in [0.2, 0.25) is 0 Å². The van der Waals surface area contributed by atoms with E-state index in [0.29, 0.717) is 46.9 Å². The molecule has 0 amide bonds. The molecule has 7 nitrogen and oxygen atoms in total. The largest absolute Gasteiger partial charge is 0.458 e. The topological polar surface area (TPSA) is 88.1 Å². The van der Waals surface area contributed by atoms with E-state index < -0.39 is 5.82 Å². The van der Waals surface area contributed by atoms with Gasteiger partial charge >= 0.3 is 0 Å². The number of halogens is 1. The lowest BCUT2D eigenvalue weighted by Gasteiger charge is -2.34. The Morgan fingerprint density at radius 3 is 2.74 bits per heavy atom. The summed E-state index contributed by atoms with van der Waals surface area (Å²) in [5, 5.41) is 9.72. The molecule has 1 atom stereocenters. The Morgan fingerprint density at radius 1 is 1.08 bits per heavy atom. The summed E-state index contributed by atoms with van der Waals surface area (Å²) in [5.41, 5.74) is 2.69. The molecular weight excluding hydrogens is 497 g/mol. The van der Waals surface area contributed by atoms with Gasteiger partial charge in [-0.05, 0) is 53.9 Å². The molecule has 0 aliphatic carbocycles. The van der Waals surface area contributed by atoms with Crippen LogP contribution < -0.4 is 14.9 Å². The SMILES string of the molecule is CC(C)C(c1oc2cc(F)ccc2c(=O)c1Cc1cccc(C#N)c1)N1CCN=C1c1ccc2c(c1)OCO2. The minimum atomic E-state index is -0.476.